The minimum absolute atomic E-state index is 0.366. The zero-order chi connectivity index (χ0) is 13.1. The van der Waals surface area contributed by atoms with Crippen molar-refractivity contribution in [2.45, 2.75) is 39.3 Å². The molecule has 0 radical (unpaired) electrons. The van der Waals surface area contributed by atoms with E-state index in [1.807, 2.05) is 24.0 Å². The molecule has 1 aromatic rings. The predicted molar refractivity (Wildman–Crippen MR) is 69.2 cm³/mol. The lowest BCUT2D eigenvalue weighted by Gasteiger charge is -2.35. The fourth-order valence-electron chi connectivity index (χ4n) is 2.51. The van der Waals surface area contributed by atoms with Crippen LogP contribution in [0.2, 0.25) is 0 Å². The standard InChI is InChI=1S/C14H20N2O2/c1-10-5-7-16(13(8-10)14(17)18)9-12-11(2)4-3-6-15-12/h3-4,6,10,13H,5,7-9H2,1-2H3,(H,17,18). The number of hydrogen-bond donors (Lipinski definition) is 1. The highest BCUT2D eigenvalue weighted by molar-refractivity contribution is 5.73. The maximum absolute atomic E-state index is 11.3. The van der Waals surface area contributed by atoms with Crippen molar-refractivity contribution < 1.29 is 9.90 Å². The molecule has 4 nitrogen and oxygen atoms in total. The quantitative estimate of drug-likeness (QED) is 0.889. The molecule has 1 fully saturated rings. The van der Waals surface area contributed by atoms with E-state index in [0.717, 1.165) is 30.6 Å². The number of piperidine rings is 1. The second-order valence-corrected chi connectivity index (χ2v) is 5.22. The highest BCUT2D eigenvalue weighted by atomic mass is 16.4. The number of pyridine rings is 1. The van der Waals surface area contributed by atoms with E-state index in [-0.39, 0.29) is 6.04 Å². The van der Waals surface area contributed by atoms with Crippen molar-refractivity contribution in [1.82, 2.24) is 9.88 Å². The van der Waals surface area contributed by atoms with Gasteiger partial charge in [0.15, 0.2) is 0 Å². The van der Waals surface area contributed by atoms with Crippen LogP contribution in [0.1, 0.15) is 31.0 Å². The van der Waals surface area contributed by atoms with Gasteiger partial charge >= 0.3 is 5.97 Å². The van der Waals surface area contributed by atoms with Crippen molar-refractivity contribution in [3.63, 3.8) is 0 Å². The SMILES string of the molecule is Cc1cccnc1CN1CCC(C)CC1C(=O)O. The highest BCUT2D eigenvalue weighted by Gasteiger charge is 2.31. The first kappa shape index (κ1) is 13.0. The Kier molecular flexibility index (Phi) is 3.97. The van der Waals surface area contributed by atoms with Gasteiger partial charge in [0.25, 0.3) is 0 Å². The maximum atomic E-state index is 11.3. The second-order valence-electron chi connectivity index (χ2n) is 5.22. The topological polar surface area (TPSA) is 53.4 Å². The lowest BCUT2D eigenvalue weighted by Crippen LogP contribution is -2.46. The summed E-state index contributed by atoms with van der Waals surface area (Å²) in [7, 11) is 0. The second kappa shape index (κ2) is 5.48. The van der Waals surface area contributed by atoms with Crippen molar-refractivity contribution in [2.75, 3.05) is 6.54 Å². The van der Waals surface area contributed by atoms with Crippen molar-refractivity contribution in [1.29, 1.82) is 0 Å². The van der Waals surface area contributed by atoms with Crippen LogP contribution in [0, 0.1) is 12.8 Å². The number of carbonyl (C=O) groups is 1. The van der Waals surface area contributed by atoms with Crippen molar-refractivity contribution >= 4 is 5.97 Å². The number of aryl methyl sites for hydroxylation is 1. The van der Waals surface area contributed by atoms with Crippen LogP contribution in [0.5, 0.6) is 0 Å². The molecule has 1 N–H and O–H groups in total. The molecule has 0 bridgehead atoms. The molecule has 0 aliphatic carbocycles. The van der Waals surface area contributed by atoms with Crippen molar-refractivity contribution in [3.05, 3.63) is 29.6 Å². The number of carboxylic acid groups (broad SMARTS) is 1. The zero-order valence-electron chi connectivity index (χ0n) is 11.0. The van der Waals surface area contributed by atoms with Crippen LogP contribution in [0.3, 0.4) is 0 Å². The van der Waals surface area contributed by atoms with Crippen molar-refractivity contribution in [3.8, 4) is 0 Å². The van der Waals surface area contributed by atoms with Crippen LogP contribution in [-0.2, 0) is 11.3 Å². The maximum Gasteiger partial charge on any atom is 0.320 e. The van der Waals surface area contributed by atoms with Crippen LogP contribution in [0.25, 0.3) is 0 Å². The summed E-state index contributed by atoms with van der Waals surface area (Å²) in [5, 5.41) is 9.31. The molecule has 2 heterocycles. The average Bonchev–Trinajstić information content (AvgIpc) is 2.34. The fourth-order valence-corrected chi connectivity index (χ4v) is 2.51. The zero-order valence-corrected chi connectivity index (χ0v) is 11.0. The fraction of sp³-hybridized carbons (Fsp3) is 0.571. The van der Waals surface area contributed by atoms with Gasteiger partial charge in [-0.3, -0.25) is 14.7 Å². The van der Waals surface area contributed by atoms with Gasteiger partial charge < -0.3 is 5.11 Å². The number of aromatic nitrogens is 1. The van der Waals surface area contributed by atoms with Gasteiger partial charge in [0.1, 0.15) is 6.04 Å². The Morgan fingerprint density at radius 1 is 1.61 bits per heavy atom. The third kappa shape index (κ3) is 2.88. The Bertz CT molecular complexity index is 434. The van der Waals surface area contributed by atoms with Crippen LogP contribution < -0.4 is 0 Å². The Morgan fingerprint density at radius 2 is 2.39 bits per heavy atom. The van der Waals surface area contributed by atoms with Crippen LogP contribution in [0.4, 0.5) is 0 Å². The Labute approximate surface area is 108 Å². The third-order valence-corrected chi connectivity index (χ3v) is 3.73. The van der Waals surface area contributed by atoms with Crippen molar-refractivity contribution in [2.24, 2.45) is 5.92 Å². The Balaban J connectivity index is 2.12. The summed E-state index contributed by atoms with van der Waals surface area (Å²) in [6.45, 7) is 5.62. The van der Waals surface area contributed by atoms with E-state index in [4.69, 9.17) is 0 Å². The number of likely N-dealkylation sites (tertiary alicyclic amines) is 1. The Morgan fingerprint density at radius 3 is 3.06 bits per heavy atom. The number of carboxylic acids is 1. The summed E-state index contributed by atoms with van der Waals surface area (Å²) in [6, 6.07) is 3.56. The largest absolute Gasteiger partial charge is 0.480 e. The van der Waals surface area contributed by atoms with Gasteiger partial charge in [-0.05, 0) is 43.9 Å². The smallest absolute Gasteiger partial charge is 0.320 e. The van der Waals surface area contributed by atoms with E-state index in [1.165, 1.54) is 0 Å². The molecule has 2 rings (SSSR count). The van der Waals surface area contributed by atoms with Gasteiger partial charge in [-0.2, -0.15) is 0 Å². The minimum atomic E-state index is -0.713. The van der Waals surface area contributed by atoms with E-state index in [0.29, 0.717) is 12.5 Å². The van der Waals surface area contributed by atoms with Gasteiger partial charge in [0.05, 0.1) is 5.69 Å². The molecular weight excluding hydrogens is 228 g/mol. The van der Waals surface area contributed by atoms with Crippen LogP contribution >= 0.6 is 0 Å². The molecular formula is C14H20N2O2. The average molecular weight is 248 g/mol. The third-order valence-electron chi connectivity index (χ3n) is 3.73. The number of aliphatic carboxylic acids is 1. The molecule has 2 unspecified atom stereocenters. The first-order chi connectivity index (χ1) is 8.58. The van der Waals surface area contributed by atoms with Gasteiger partial charge in [0, 0.05) is 12.7 Å². The molecule has 2 atom stereocenters. The Hall–Kier alpha value is -1.42. The molecule has 4 heteroatoms. The molecule has 0 saturated carbocycles. The van der Waals surface area contributed by atoms with E-state index in [2.05, 4.69) is 11.9 Å². The highest BCUT2D eigenvalue weighted by Crippen LogP contribution is 2.24. The van der Waals surface area contributed by atoms with E-state index < -0.39 is 5.97 Å². The summed E-state index contributed by atoms with van der Waals surface area (Å²) in [6.07, 6.45) is 3.57. The van der Waals surface area contributed by atoms with Crippen LogP contribution in [0.15, 0.2) is 18.3 Å². The van der Waals surface area contributed by atoms with E-state index in [1.54, 1.807) is 6.20 Å². The first-order valence-electron chi connectivity index (χ1n) is 6.45. The summed E-state index contributed by atoms with van der Waals surface area (Å²) >= 11 is 0. The molecule has 1 aromatic heterocycles. The normalized spacial score (nSPS) is 25.0. The predicted octanol–water partition coefficient (Wildman–Crippen LogP) is 2.08. The summed E-state index contributed by atoms with van der Waals surface area (Å²) < 4.78 is 0. The number of nitrogens with zero attached hydrogens (tertiary/aromatic N) is 2. The molecule has 0 aromatic carbocycles. The van der Waals surface area contributed by atoms with Gasteiger partial charge in [-0.25, -0.2) is 0 Å². The molecule has 0 amide bonds. The minimum Gasteiger partial charge on any atom is -0.480 e. The summed E-state index contributed by atoms with van der Waals surface area (Å²) in [4.78, 5) is 17.7. The van der Waals surface area contributed by atoms with E-state index in [9.17, 15) is 9.90 Å². The van der Waals surface area contributed by atoms with Gasteiger partial charge in [0.2, 0.25) is 0 Å². The molecule has 18 heavy (non-hydrogen) atoms. The van der Waals surface area contributed by atoms with Gasteiger partial charge in [-0.15, -0.1) is 0 Å². The lowest BCUT2D eigenvalue weighted by molar-refractivity contribution is -0.145. The summed E-state index contributed by atoms with van der Waals surface area (Å²) in [5.74, 6) is -0.220. The van der Waals surface area contributed by atoms with Crippen LogP contribution in [-0.4, -0.2) is 33.5 Å². The number of hydrogen-bond acceptors (Lipinski definition) is 3. The molecule has 98 valence electrons. The van der Waals surface area contributed by atoms with Gasteiger partial charge in [-0.1, -0.05) is 13.0 Å². The molecule has 0 spiro atoms. The lowest BCUT2D eigenvalue weighted by atomic mass is 9.92. The number of rotatable bonds is 3. The molecule has 1 saturated heterocycles. The first-order valence-corrected chi connectivity index (χ1v) is 6.45. The molecule has 1 aliphatic rings. The monoisotopic (exact) mass is 248 g/mol. The molecule has 1 aliphatic heterocycles. The summed E-state index contributed by atoms with van der Waals surface area (Å²) in [5.41, 5.74) is 2.11. The van der Waals surface area contributed by atoms with E-state index >= 15 is 0 Å².